The van der Waals surface area contributed by atoms with Crippen LogP contribution in [-0.4, -0.2) is 49.7 Å². The fourth-order valence-corrected chi connectivity index (χ4v) is 4.73. The first-order valence-corrected chi connectivity index (χ1v) is 9.22. The summed E-state index contributed by atoms with van der Waals surface area (Å²) in [6.45, 7) is 3.58. The predicted octanol–water partition coefficient (Wildman–Crippen LogP) is 2.08. The molecule has 0 bridgehead atoms. The molecule has 1 aromatic rings. The third-order valence-corrected chi connectivity index (χ3v) is 6.42. The number of benzene rings is 1. The summed E-state index contributed by atoms with van der Waals surface area (Å²) in [5.41, 5.74) is 0. The minimum absolute atomic E-state index is 0.107. The summed E-state index contributed by atoms with van der Waals surface area (Å²) >= 11 is 3.28. The number of nitrogens with zero attached hydrogens (tertiary/aromatic N) is 2. The summed E-state index contributed by atoms with van der Waals surface area (Å²) in [6, 6.07) is 6.80. The van der Waals surface area contributed by atoms with Gasteiger partial charge in [-0.1, -0.05) is 19.1 Å². The Balaban J connectivity index is 2.08. The van der Waals surface area contributed by atoms with Crippen LogP contribution < -0.4 is 0 Å². The molecule has 0 radical (unpaired) electrons. The van der Waals surface area contributed by atoms with E-state index in [0.29, 0.717) is 37.1 Å². The largest absolute Gasteiger partial charge is 0.340 e. The van der Waals surface area contributed by atoms with E-state index in [4.69, 9.17) is 0 Å². The van der Waals surface area contributed by atoms with E-state index in [-0.39, 0.29) is 10.8 Å². The standard InChI is InChI=1S/C14H19BrN2O3S/c1-2-5-14(18)16-8-10-17(11-9-16)21(19,20)13-7-4-3-6-12(13)15/h3-4,6-7H,2,5,8-11H2,1H3. The maximum atomic E-state index is 12.6. The second-order valence-corrected chi connectivity index (χ2v) is 7.73. The zero-order valence-electron chi connectivity index (χ0n) is 12.0. The van der Waals surface area contributed by atoms with Gasteiger partial charge in [-0.15, -0.1) is 0 Å². The first-order chi connectivity index (χ1) is 9.96. The lowest BCUT2D eigenvalue weighted by atomic mass is 10.2. The Kier molecular flexibility index (Phi) is 5.40. The van der Waals surface area contributed by atoms with Crippen molar-refractivity contribution in [2.75, 3.05) is 26.2 Å². The summed E-state index contributed by atoms with van der Waals surface area (Å²) < 4.78 is 27.2. The van der Waals surface area contributed by atoms with E-state index < -0.39 is 10.0 Å². The minimum atomic E-state index is -3.51. The Labute approximate surface area is 134 Å². The van der Waals surface area contributed by atoms with Crippen molar-refractivity contribution in [2.24, 2.45) is 0 Å². The number of rotatable bonds is 4. The van der Waals surface area contributed by atoms with Crippen molar-refractivity contribution in [3.05, 3.63) is 28.7 Å². The Morgan fingerprint density at radius 2 is 1.81 bits per heavy atom. The number of sulfonamides is 1. The Morgan fingerprint density at radius 3 is 2.38 bits per heavy atom. The highest BCUT2D eigenvalue weighted by atomic mass is 79.9. The molecule has 1 aliphatic rings. The first-order valence-electron chi connectivity index (χ1n) is 6.99. The van der Waals surface area contributed by atoms with E-state index in [1.54, 1.807) is 29.2 Å². The number of carbonyl (C=O) groups excluding carboxylic acids is 1. The Morgan fingerprint density at radius 1 is 1.19 bits per heavy atom. The zero-order chi connectivity index (χ0) is 15.5. The number of carbonyl (C=O) groups is 1. The van der Waals surface area contributed by atoms with Crippen LogP contribution in [0.4, 0.5) is 0 Å². The van der Waals surface area contributed by atoms with Crippen LogP contribution in [0.25, 0.3) is 0 Å². The zero-order valence-corrected chi connectivity index (χ0v) is 14.4. The van der Waals surface area contributed by atoms with Crippen molar-refractivity contribution >= 4 is 31.9 Å². The fourth-order valence-electron chi connectivity index (χ4n) is 2.34. The predicted molar refractivity (Wildman–Crippen MR) is 84.4 cm³/mol. The molecule has 1 fully saturated rings. The minimum Gasteiger partial charge on any atom is -0.340 e. The maximum Gasteiger partial charge on any atom is 0.244 e. The second kappa shape index (κ2) is 6.89. The van der Waals surface area contributed by atoms with Gasteiger partial charge >= 0.3 is 0 Å². The molecule has 0 unspecified atom stereocenters. The lowest BCUT2D eigenvalue weighted by molar-refractivity contribution is -0.132. The highest BCUT2D eigenvalue weighted by Gasteiger charge is 2.30. The molecule has 0 atom stereocenters. The molecule has 0 spiro atoms. The van der Waals surface area contributed by atoms with Crippen LogP contribution in [-0.2, 0) is 14.8 Å². The normalized spacial score (nSPS) is 17.0. The van der Waals surface area contributed by atoms with Crippen LogP contribution in [0.15, 0.2) is 33.6 Å². The number of piperazine rings is 1. The van der Waals surface area contributed by atoms with E-state index in [1.807, 2.05) is 6.92 Å². The molecule has 1 aliphatic heterocycles. The molecular weight excluding hydrogens is 356 g/mol. The molecule has 1 heterocycles. The number of hydrogen-bond donors (Lipinski definition) is 0. The van der Waals surface area contributed by atoms with Gasteiger partial charge in [-0.3, -0.25) is 4.79 Å². The summed E-state index contributed by atoms with van der Waals surface area (Å²) in [6.07, 6.45) is 1.34. The number of halogens is 1. The SMILES string of the molecule is CCCC(=O)N1CCN(S(=O)(=O)c2ccccc2Br)CC1. The van der Waals surface area contributed by atoms with Crippen molar-refractivity contribution < 1.29 is 13.2 Å². The molecule has 0 saturated carbocycles. The molecule has 21 heavy (non-hydrogen) atoms. The van der Waals surface area contributed by atoms with Crippen LogP contribution >= 0.6 is 15.9 Å². The lowest BCUT2D eigenvalue weighted by Crippen LogP contribution is -2.50. The van der Waals surface area contributed by atoms with Crippen molar-refractivity contribution in [2.45, 2.75) is 24.7 Å². The van der Waals surface area contributed by atoms with Gasteiger partial charge in [0.1, 0.15) is 0 Å². The summed E-state index contributed by atoms with van der Waals surface area (Å²) in [5, 5.41) is 0. The average molecular weight is 375 g/mol. The van der Waals surface area contributed by atoms with E-state index in [0.717, 1.165) is 6.42 Å². The second-order valence-electron chi connectivity index (χ2n) is 4.97. The van der Waals surface area contributed by atoms with E-state index >= 15 is 0 Å². The van der Waals surface area contributed by atoms with Gasteiger partial charge < -0.3 is 4.90 Å². The van der Waals surface area contributed by atoms with Gasteiger partial charge in [0.05, 0.1) is 4.90 Å². The molecule has 0 N–H and O–H groups in total. The molecule has 2 rings (SSSR count). The monoisotopic (exact) mass is 374 g/mol. The Hall–Kier alpha value is -0.920. The van der Waals surface area contributed by atoms with Crippen molar-refractivity contribution in [1.29, 1.82) is 0 Å². The third-order valence-electron chi connectivity index (χ3n) is 3.51. The first kappa shape index (κ1) is 16.5. The van der Waals surface area contributed by atoms with Gasteiger partial charge in [0.25, 0.3) is 0 Å². The summed E-state index contributed by atoms with van der Waals surface area (Å²) in [5.74, 6) is 0.107. The average Bonchev–Trinajstić information content (AvgIpc) is 2.48. The van der Waals surface area contributed by atoms with Gasteiger partial charge in [0, 0.05) is 37.1 Å². The van der Waals surface area contributed by atoms with Crippen LogP contribution in [0.1, 0.15) is 19.8 Å². The van der Waals surface area contributed by atoms with Gasteiger partial charge in [-0.05, 0) is 34.5 Å². The Bertz CT molecular complexity index is 610. The lowest BCUT2D eigenvalue weighted by Gasteiger charge is -2.34. The molecule has 5 nitrogen and oxygen atoms in total. The quantitative estimate of drug-likeness (QED) is 0.810. The number of hydrogen-bond acceptors (Lipinski definition) is 3. The fraction of sp³-hybridized carbons (Fsp3) is 0.500. The molecule has 0 aliphatic carbocycles. The molecule has 1 saturated heterocycles. The molecule has 1 aromatic carbocycles. The van der Waals surface area contributed by atoms with Crippen LogP contribution in [0.3, 0.4) is 0 Å². The van der Waals surface area contributed by atoms with Crippen molar-refractivity contribution in [3.63, 3.8) is 0 Å². The van der Waals surface area contributed by atoms with E-state index in [1.165, 1.54) is 4.31 Å². The van der Waals surface area contributed by atoms with Gasteiger partial charge in [-0.2, -0.15) is 4.31 Å². The van der Waals surface area contributed by atoms with Crippen molar-refractivity contribution in [3.8, 4) is 0 Å². The highest BCUT2D eigenvalue weighted by molar-refractivity contribution is 9.10. The maximum absolute atomic E-state index is 12.6. The summed E-state index contributed by atoms with van der Waals surface area (Å²) in [7, 11) is -3.51. The van der Waals surface area contributed by atoms with Crippen LogP contribution in [0.5, 0.6) is 0 Å². The molecule has 0 aromatic heterocycles. The molecule has 1 amide bonds. The summed E-state index contributed by atoms with van der Waals surface area (Å²) in [4.78, 5) is 13.9. The number of amides is 1. The van der Waals surface area contributed by atoms with Crippen LogP contribution in [0, 0.1) is 0 Å². The smallest absolute Gasteiger partial charge is 0.244 e. The molecule has 116 valence electrons. The van der Waals surface area contributed by atoms with Gasteiger partial charge in [-0.25, -0.2) is 8.42 Å². The molecule has 7 heteroatoms. The van der Waals surface area contributed by atoms with Crippen molar-refractivity contribution in [1.82, 2.24) is 9.21 Å². The van der Waals surface area contributed by atoms with E-state index in [2.05, 4.69) is 15.9 Å². The van der Waals surface area contributed by atoms with E-state index in [9.17, 15) is 13.2 Å². The molecular formula is C14H19BrN2O3S. The van der Waals surface area contributed by atoms with Crippen LogP contribution in [0.2, 0.25) is 0 Å². The third kappa shape index (κ3) is 3.64. The van der Waals surface area contributed by atoms with Gasteiger partial charge in [0.2, 0.25) is 15.9 Å². The topological polar surface area (TPSA) is 57.7 Å². The highest BCUT2D eigenvalue weighted by Crippen LogP contribution is 2.25. The van der Waals surface area contributed by atoms with Gasteiger partial charge in [0.15, 0.2) is 0 Å².